The van der Waals surface area contributed by atoms with Gasteiger partial charge in [0.15, 0.2) is 0 Å². The van der Waals surface area contributed by atoms with Crippen molar-refractivity contribution in [2.24, 2.45) is 0 Å². The molecule has 2 heterocycles. The van der Waals surface area contributed by atoms with Crippen molar-refractivity contribution >= 4 is 0 Å². The van der Waals surface area contributed by atoms with Gasteiger partial charge in [-0.05, 0) is 20.8 Å². The van der Waals surface area contributed by atoms with E-state index in [0.717, 1.165) is 13.2 Å². The zero-order valence-corrected chi connectivity index (χ0v) is 13.3. The van der Waals surface area contributed by atoms with E-state index < -0.39 is 0 Å². The van der Waals surface area contributed by atoms with Gasteiger partial charge in [0.05, 0.1) is 64.6 Å². The van der Waals surface area contributed by atoms with Crippen LogP contribution in [0.5, 0.6) is 0 Å². The molecule has 0 aromatic carbocycles. The molecule has 0 spiro atoms. The summed E-state index contributed by atoms with van der Waals surface area (Å²) in [5, 5.41) is 0. The van der Waals surface area contributed by atoms with E-state index in [1.54, 1.807) is 0 Å². The zero-order chi connectivity index (χ0) is 15.1. The molecule has 5 atom stereocenters. The minimum atomic E-state index is 0.0414. The fourth-order valence-electron chi connectivity index (χ4n) is 1.89. The minimum Gasteiger partial charge on any atom is -0.376 e. The van der Waals surface area contributed by atoms with E-state index in [4.69, 9.17) is 28.4 Å². The molecule has 0 aliphatic carbocycles. The van der Waals surface area contributed by atoms with Crippen molar-refractivity contribution in [2.45, 2.75) is 51.3 Å². The molecule has 5 unspecified atom stereocenters. The summed E-state index contributed by atoms with van der Waals surface area (Å²) in [5.74, 6) is 0. The second kappa shape index (κ2) is 9.02. The SMILES string of the molecule is CC(COCC(C)OC(C)COCC1CO1)OCC1CO1. The maximum atomic E-state index is 5.79. The summed E-state index contributed by atoms with van der Waals surface area (Å²) in [6, 6.07) is 0. The van der Waals surface area contributed by atoms with Crippen molar-refractivity contribution < 1.29 is 28.4 Å². The Labute approximate surface area is 127 Å². The molecule has 0 N–H and O–H groups in total. The van der Waals surface area contributed by atoms with Gasteiger partial charge >= 0.3 is 0 Å². The fraction of sp³-hybridized carbons (Fsp3) is 1.00. The first-order valence-electron chi connectivity index (χ1n) is 7.79. The Morgan fingerprint density at radius 3 is 1.95 bits per heavy atom. The quantitative estimate of drug-likeness (QED) is 0.473. The predicted octanol–water partition coefficient (Wildman–Crippen LogP) is 1.02. The van der Waals surface area contributed by atoms with Crippen LogP contribution in [0.15, 0.2) is 0 Å². The second-order valence-electron chi connectivity index (χ2n) is 5.89. The van der Waals surface area contributed by atoms with E-state index in [9.17, 15) is 0 Å². The Morgan fingerprint density at radius 2 is 1.33 bits per heavy atom. The lowest BCUT2D eigenvalue weighted by Gasteiger charge is -2.20. The highest BCUT2D eigenvalue weighted by molar-refractivity contribution is 4.68. The van der Waals surface area contributed by atoms with Crippen LogP contribution in [0.4, 0.5) is 0 Å². The van der Waals surface area contributed by atoms with Crippen molar-refractivity contribution in [3.05, 3.63) is 0 Å². The molecular weight excluding hydrogens is 276 g/mol. The van der Waals surface area contributed by atoms with E-state index >= 15 is 0 Å². The number of hydrogen-bond acceptors (Lipinski definition) is 6. The zero-order valence-electron chi connectivity index (χ0n) is 13.3. The largest absolute Gasteiger partial charge is 0.376 e. The average Bonchev–Trinajstić information content (AvgIpc) is 3.30. The monoisotopic (exact) mass is 304 g/mol. The van der Waals surface area contributed by atoms with E-state index in [2.05, 4.69) is 0 Å². The number of ether oxygens (including phenoxy) is 6. The average molecular weight is 304 g/mol. The molecule has 0 radical (unpaired) electrons. The van der Waals surface area contributed by atoms with Crippen LogP contribution in [0.1, 0.15) is 20.8 Å². The summed E-state index contributed by atoms with van der Waals surface area (Å²) < 4.78 is 32.7. The lowest BCUT2D eigenvalue weighted by atomic mass is 10.3. The second-order valence-corrected chi connectivity index (χ2v) is 5.89. The van der Waals surface area contributed by atoms with Crippen LogP contribution >= 0.6 is 0 Å². The molecule has 2 aliphatic rings. The van der Waals surface area contributed by atoms with Crippen molar-refractivity contribution in [3.63, 3.8) is 0 Å². The highest BCUT2D eigenvalue weighted by Gasteiger charge is 2.24. The molecule has 0 aromatic heterocycles. The lowest BCUT2D eigenvalue weighted by Crippen LogP contribution is -2.27. The van der Waals surface area contributed by atoms with Crippen LogP contribution in [0, 0.1) is 0 Å². The van der Waals surface area contributed by atoms with Crippen LogP contribution in [0.2, 0.25) is 0 Å². The molecule has 2 aliphatic heterocycles. The molecule has 2 rings (SSSR count). The summed E-state index contributed by atoms with van der Waals surface area (Å²) in [4.78, 5) is 0. The van der Waals surface area contributed by atoms with Crippen LogP contribution in [-0.4, -0.2) is 76.8 Å². The summed E-state index contributed by atoms with van der Waals surface area (Å²) in [6.45, 7) is 10.7. The molecule has 0 saturated carbocycles. The van der Waals surface area contributed by atoms with Gasteiger partial charge in [-0.15, -0.1) is 0 Å². The van der Waals surface area contributed by atoms with Gasteiger partial charge in [0, 0.05) is 0 Å². The highest BCUT2D eigenvalue weighted by Crippen LogP contribution is 2.10. The van der Waals surface area contributed by atoms with E-state index in [1.807, 2.05) is 20.8 Å². The van der Waals surface area contributed by atoms with Crippen molar-refractivity contribution in [1.82, 2.24) is 0 Å². The molecule has 0 bridgehead atoms. The first-order valence-corrected chi connectivity index (χ1v) is 7.79. The van der Waals surface area contributed by atoms with Gasteiger partial charge in [-0.2, -0.15) is 0 Å². The van der Waals surface area contributed by atoms with E-state index in [1.165, 1.54) is 0 Å². The predicted molar refractivity (Wildman–Crippen MR) is 76.5 cm³/mol. The number of rotatable bonds is 13. The van der Waals surface area contributed by atoms with Crippen molar-refractivity contribution in [1.29, 1.82) is 0 Å². The third kappa shape index (κ3) is 8.70. The van der Waals surface area contributed by atoms with Gasteiger partial charge in [0.25, 0.3) is 0 Å². The van der Waals surface area contributed by atoms with Crippen molar-refractivity contribution in [2.75, 3.05) is 46.2 Å². The Hall–Kier alpha value is -0.240. The van der Waals surface area contributed by atoms with Crippen LogP contribution in [0.25, 0.3) is 0 Å². The Kier molecular flexibility index (Phi) is 7.36. The van der Waals surface area contributed by atoms with Crippen molar-refractivity contribution in [3.8, 4) is 0 Å². The molecular formula is C15H28O6. The molecule has 2 fully saturated rings. The molecule has 21 heavy (non-hydrogen) atoms. The first kappa shape index (κ1) is 17.1. The Morgan fingerprint density at radius 1 is 0.810 bits per heavy atom. The van der Waals surface area contributed by atoms with E-state index in [0.29, 0.717) is 45.2 Å². The van der Waals surface area contributed by atoms with Crippen LogP contribution in [0.3, 0.4) is 0 Å². The first-order chi connectivity index (χ1) is 10.1. The van der Waals surface area contributed by atoms with Gasteiger partial charge in [0.2, 0.25) is 0 Å². The van der Waals surface area contributed by atoms with Gasteiger partial charge in [-0.1, -0.05) is 0 Å². The van der Waals surface area contributed by atoms with Crippen LogP contribution in [-0.2, 0) is 28.4 Å². The Balaban J connectivity index is 1.40. The number of hydrogen-bond donors (Lipinski definition) is 0. The maximum Gasteiger partial charge on any atom is 0.104 e. The van der Waals surface area contributed by atoms with Gasteiger partial charge in [-0.3, -0.25) is 0 Å². The third-order valence-corrected chi connectivity index (χ3v) is 3.20. The van der Waals surface area contributed by atoms with E-state index in [-0.39, 0.29) is 18.3 Å². The third-order valence-electron chi connectivity index (χ3n) is 3.20. The smallest absolute Gasteiger partial charge is 0.104 e. The topological polar surface area (TPSA) is 62.0 Å². The molecule has 0 amide bonds. The molecule has 124 valence electrons. The summed E-state index contributed by atoms with van der Waals surface area (Å²) in [6.07, 6.45) is 0.792. The summed E-state index contributed by atoms with van der Waals surface area (Å²) in [5.41, 5.74) is 0. The summed E-state index contributed by atoms with van der Waals surface area (Å²) >= 11 is 0. The molecule has 0 aromatic rings. The molecule has 6 nitrogen and oxygen atoms in total. The van der Waals surface area contributed by atoms with Gasteiger partial charge in [0.1, 0.15) is 12.2 Å². The number of epoxide rings is 2. The Bertz CT molecular complexity index is 279. The maximum absolute atomic E-state index is 5.79. The van der Waals surface area contributed by atoms with Gasteiger partial charge < -0.3 is 28.4 Å². The minimum absolute atomic E-state index is 0.0414. The fourth-order valence-corrected chi connectivity index (χ4v) is 1.89. The summed E-state index contributed by atoms with van der Waals surface area (Å²) in [7, 11) is 0. The standard InChI is InChI=1S/C15H28O6/c1-11(18-8-15-10-20-15)4-16-5-12(2)21-13(3)6-17-7-14-9-19-14/h11-15H,4-10H2,1-3H3. The lowest BCUT2D eigenvalue weighted by molar-refractivity contribution is -0.0850. The normalized spacial score (nSPS) is 28.1. The van der Waals surface area contributed by atoms with Gasteiger partial charge in [-0.25, -0.2) is 0 Å². The highest BCUT2D eigenvalue weighted by atomic mass is 16.6. The molecule has 6 heteroatoms. The van der Waals surface area contributed by atoms with Crippen LogP contribution < -0.4 is 0 Å². The molecule has 2 saturated heterocycles.